The van der Waals surface area contributed by atoms with Crippen molar-refractivity contribution in [2.24, 2.45) is 0 Å². The summed E-state index contributed by atoms with van der Waals surface area (Å²) in [5.41, 5.74) is 0.771. The predicted molar refractivity (Wildman–Crippen MR) is 50.3 cm³/mol. The summed E-state index contributed by atoms with van der Waals surface area (Å²) in [6, 6.07) is 0. The smallest absolute Gasteiger partial charge is 0.304 e. The van der Waals surface area contributed by atoms with Crippen molar-refractivity contribution in [1.82, 2.24) is 15.1 Å². The zero-order valence-electron chi connectivity index (χ0n) is 8.51. The largest absolute Gasteiger partial charge is 0.401 e. The van der Waals surface area contributed by atoms with Crippen LogP contribution in [0.5, 0.6) is 0 Å². The molecule has 86 valence electrons. The van der Waals surface area contributed by atoms with Crippen LogP contribution in [-0.4, -0.2) is 22.5 Å². The number of nitrogens with one attached hydrogen (secondary N) is 1. The van der Waals surface area contributed by atoms with Gasteiger partial charge in [-0.2, -0.15) is 18.3 Å². The fraction of sp³-hybridized carbons (Fsp3) is 0.667. The Morgan fingerprint density at radius 1 is 1.47 bits per heavy atom. The van der Waals surface area contributed by atoms with Gasteiger partial charge in [-0.3, -0.25) is 4.68 Å². The molecule has 1 heterocycles. The van der Waals surface area contributed by atoms with Gasteiger partial charge < -0.3 is 5.32 Å². The molecular formula is C9H14F3N3. The van der Waals surface area contributed by atoms with Crippen LogP contribution in [0.4, 0.5) is 13.2 Å². The lowest BCUT2D eigenvalue weighted by Gasteiger charge is -2.06. The third kappa shape index (κ3) is 4.83. The van der Waals surface area contributed by atoms with E-state index in [9.17, 15) is 13.2 Å². The highest BCUT2D eigenvalue weighted by Gasteiger charge is 2.26. The van der Waals surface area contributed by atoms with Crippen molar-refractivity contribution in [3.8, 4) is 0 Å². The maximum absolute atomic E-state index is 11.8. The van der Waals surface area contributed by atoms with Crippen molar-refractivity contribution in [3.63, 3.8) is 0 Å². The summed E-state index contributed by atoms with van der Waals surface area (Å²) in [6.45, 7) is 2.04. The Kier molecular flexibility index (Phi) is 4.14. The van der Waals surface area contributed by atoms with Gasteiger partial charge in [-0.1, -0.05) is 6.92 Å². The maximum atomic E-state index is 11.8. The predicted octanol–water partition coefficient (Wildman–Crippen LogP) is 1.94. The molecule has 0 saturated carbocycles. The normalized spacial score (nSPS) is 12.0. The lowest BCUT2D eigenvalue weighted by Crippen LogP contribution is -2.28. The van der Waals surface area contributed by atoms with E-state index in [0.717, 1.165) is 18.5 Å². The van der Waals surface area contributed by atoms with E-state index in [4.69, 9.17) is 0 Å². The number of aromatic nitrogens is 2. The van der Waals surface area contributed by atoms with Gasteiger partial charge in [0, 0.05) is 24.8 Å². The second-order valence-electron chi connectivity index (χ2n) is 3.33. The van der Waals surface area contributed by atoms with Gasteiger partial charge in [-0.05, 0) is 6.42 Å². The summed E-state index contributed by atoms with van der Waals surface area (Å²) in [6.07, 6.45) is 0.141. The van der Waals surface area contributed by atoms with Crippen LogP contribution in [0.15, 0.2) is 12.4 Å². The Hall–Kier alpha value is -1.04. The molecule has 0 bridgehead atoms. The number of hydrogen-bond donors (Lipinski definition) is 1. The Morgan fingerprint density at radius 2 is 2.20 bits per heavy atom. The summed E-state index contributed by atoms with van der Waals surface area (Å²) in [5.74, 6) is 0. The molecular weight excluding hydrogens is 207 g/mol. The van der Waals surface area contributed by atoms with Gasteiger partial charge in [0.1, 0.15) is 0 Å². The molecule has 3 nitrogen and oxygen atoms in total. The van der Waals surface area contributed by atoms with Crippen LogP contribution in [0.3, 0.4) is 0 Å². The van der Waals surface area contributed by atoms with Crippen LogP contribution >= 0.6 is 0 Å². The van der Waals surface area contributed by atoms with E-state index in [2.05, 4.69) is 10.4 Å². The van der Waals surface area contributed by atoms with Crippen molar-refractivity contribution in [1.29, 1.82) is 0 Å². The van der Waals surface area contributed by atoms with Gasteiger partial charge >= 0.3 is 6.18 Å². The molecule has 1 aromatic heterocycles. The number of halogens is 3. The molecule has 0 aromatic carbocycles. The van der Waals surface area contributed by atoms with Crippen molar-refractivity contribution in [2.45, 2.75) is 32.6 Å². The van der Waals surface area contributed by atoms with Crippen LogP contribution in [-0.2, 0) is 13.1 Å². The lowest BCUT2D eigenvalue weighted by atomic mass is 10.3. The molecule has 0 amide bonds. The molecule has 1 aromatic rings. The first-order valence-electron chi connectivity index (χ1n) is 4.80. The zero-order valence-corrected chi connectivity index (χ0v) is 8.51. The van der Waals surface area contributed by atoms with Crippen LogP contribution in [0.1, 0.15) is 18.9 Å². The zero-order chi connectivity index (χ0) is 11.3. The van der Waals surface area contributed by atoms with Crippen LogP contribution in [0.2, 0.25) is 0 Å². The summed E-state index contributed by atoms with van der Waals surface area (Å²) in [5, 5.41) is 6.34. The lowest BCUT2D eigenvalue weighted by molar-refractivity contribution is -0.125. The average Bonchev–Trinajstić information content (AvgIpc) is 2.51. The quantitative estimate of drug-likeness (QED) is 0.823. The molecule has 1 N–H and O–H groups in total. The van der Waals surface area contributed by atoms with Gasteiger partial charge in [-0.15, -0.1) is 0 Å². The Bertz CT molecular complexity index is 293. The highest BCUT2D eigenvalue weighted by Crippen LogP contribution is 2.12. The molecule has 1 rings (SSSR count). The monoisotopic (exact) mass is 221 g/mol. The first-order chi connectivity index (χ1) is 7.01. The number of hydrogen-bond acceptors (Lipinski definition) is 2. The van der Waals surface area contributed by atoms with E-state index >= 15 is 0 Å². The molecule has 0 unspecified atom stereocenters. The Labute approximate surface area is 86.3 Å². The van der Waals surface area contributed by atoms with Crippen molar-refractivity contribution in [2.75, 3.05) is 6.54 Å². The highest BCUT2D eigenvalue weighted by molar-refractivity contribution is 5.03. The third-order valence-electron chi connectivity index (χ3n) is 1.79. The molecule has 0 radical (unpaired) electrons. The number of aryl methyl sites for hydroxylation is 1. The van der Waals surface area contributed by atoms with E-state index in [1.165, 1.54) is 0 Å². The Morgan fingerprint density at radius 3 is 2.80 bits per heavy atom. The van der Waals surface area contributed by atoms with Crippen molar-refractivity contribution in [3.05, 3.63) is 18.0 Å². The van der Waals surface area contributed by atoms with Crippen LogP contribution in [0.25, 0.3) is 0 Å². The van der Waals surface area contributed by atoms with Crippen LogP contribution < -0.4 is 5.32 Å². The SMILES string of the molecule is CCCn1cc(CNCC(F)(F)F)cn1. The second-order valence-corrected chi connectivity index (χ2v) is 3.33. The Balaban J connectivity index is 2.31. The molecule has 0 aliphatic carbocycles. The molecule has 0 atom stereocenters. The minimum Gasteiger partial charge on any atom is -0.304 e. The van der Waals surface area contributed by atoms with Gasteiger partial charge in [0.05, 0.1) is 12.7 Å². The fourth-order valence-corrected chi connectivity index (χ4v) is 1.20. The van der Waals surface area contributed by atoms with Gasteiger partial charge in [0.2, 0.25) is 0 Å². The number of nitrogens with zero attached hydrogens (tertiary/aromatic N) is 2. The summed E-state index contributed by atoms with van der Waals surface area (Å²) in [4.78, 5) is 0. The van der Waals surface area contributed by atoms with Crippen molar-refractivity contribution >= 4 is 0 Å². The van der Waals surface area contributed by atoms with Crippen molar-refractivity contribution < 1.29 is 13.2 Å². The number of alkyl halides is 3. The standard InChI is InChI=1S/C9H14F3N3/c1-2-3-15-6-8(5-14-15)4-13-7-9(10,11)12/h5-6,13H,2-4,7H2,1H3. The molecule has 0 saturated heterocycles. The molecule has 0 aliphatic rings. The minimum absolute atomic E-state index is 0.198. The van der Waals surface area contributed by atoms with E-state index in [-0.39, 0.29) is 6.54 Å². The van der Waals surface area contributed by atoms with Crippen LogP contribution in [0, 0.1) is 0 Å². The third-order valence-corrected chi connectivity index (χ3v) is 1.79. The summed E-state index contributed by atoms with van der Waals surface area (Å²) < 4.78 is 37.1. The van der Waals surface area contributed by atoms with Gasteiger partial charge in [-0.25, -0.2) is 0 Å². The molecule has 0 fully saturated rings. The van der Waals surface area contributed by atoms with E-state index in [1.54, 1.807) is 17.1 Å². The fourth-order valence-electron chi connectivity index (χ4n) is 1.20. The van der Waals surface area contributed by atoms with E-state index in [0.29, 0.717) is 0 Å². The van der Waals surface area contributed by atoms with Gasteiger partial charge in [0.15, 0.2) is 0 Å². The minimum atomic E-state index is -4.15. The second kappa shape index (κ2) is 5.16. The summed E-state index contributed by atoms with van der Waals surface area (Å²) in [7, 11) is 0. The molecule has 15 heavy (non-hydrogen) atoms. The van der Waals surface area contributed by atoms with E-state index < -0.39 is 12.7 Å². The number of rotatable bonds is 5. The highest BCUT2D eigenvalue weighted by atomic mass is 19.4. The maximum Gasteiger partial charge on any atom is 0.401 e. The molecule has 0 spiro atoms. The first kappa shape index (κ1) is 12.0. The topological polar surface area (TPSA) is 29.9 Å². The van der Waals surface area contributed by atoms with Gasteiger partial charge in [0.25, 0.3) is 0 Å². The first-order valence-corrected chi connectivity index (χ1v) is 4.80. The summed E-state index contributed by atoms with van der Waals surface area (Å²) >= 11 is 0. The average molecular weight is 221 g/mol. The molecule has 6 heteroatoms. The van der Waals surface area contributed by atoms with E-state index in [1.807, 2.05) is 6.92 Å². The molecule has 0 aliphatic heterocycles.